The zero-order valence-corrected chi connectivity index (χ0v) is 17.5. The van der Waals surface area contributed by atoms with Gasteiger partial charge in [0.25, 0.3) is 11.6 Å². The third kappa shape index (κ3) is 5.06. The minimum Gasteiger partial charge on any atom is -0.455 e. The van der Waals surface area contributed by atoms with Gasteiger partial charge in [0.1, 0.15) is 0 Å². The lowest BCUT2D eigenvalue weighted by molar-refractivity contribution is -0.385. The number of carbonyl (C=O) groups excluding carboxylic acids is 3. The maximum absolute atomic E-state index is 12.4. The third-order valence-corrected chi connectivity index (χ3v) is 5.30. The maximum atomic E-state index is 12.4. The summed E-state index contributed by atoms with van der Waals surface area (Å²) >= 11 is 0. The first kappa shape index (κ1) is 21.9. The summed E-state index contributed by atoms with van der Waals surface area (Å²) in [7, 11) is 0. The van der Waals surface area contributed by atoms with Gasteiger partial charge in [0, 0.05) is 30.3 Å². The Kier molecular flexibility index (Phi) is 6.33. The largest absolute Gasteiger partial charge is 0.455 e. The number of nitrogens with one attached hydrogen (secondary N) is 1. The molecule has 162 valence electrons. The van der Waals surface area contributed by atoms with Crippen molar-refractivity contribution in [2.75, 3.05) is 23.4 Å². The van der Waals surface area contributed by atoms with Gasteiger partial charge in [-0.05, 0) is 50.1 Å². The smallest absolute Gasteiger partial charge is 0.311 e. The molecule has 9 heteroatoms. The van der Waals surface area contributed by atoms with E-state index in [1.807, 2.05) is 26.0 Å². The monoisotopic (exact) mass is 425 g/mol. The van der Waals surface area contributed by atoms with E-state index >= 15 is 0 Å². The van der Waals surface area contributed by atoms with Crippen LogP contribution >= 0.6 is 0 Å². The first-order valence-corrected chi connectivity index (χ1v) is 9.75. The minimum atomic E-state index is -0.748. The van der Waals surface area contributed by atoms with E-state index in [2.05, 4.69) is 5.32 Å². The molecule has 0 spiro atoms. The lowest BCUT2D eigenvalue weighted by Crippen LogP contribution is -2.28. The molecule has 1 aliphatic rings. The van der Waals surface area contributed by atoms with Gasteiger partial charge in [-0.2, -0.15) is 0 Å². The van der Waals surface area contributed by atoms with Crippen molar-refractivity contribution in [3.63, 3.8) is 0 Å². The van der Waals surface area contributed by atoms with E-state index < -0.39 is 29.3 Å². The van der Waals surface area contributed by atoms with Crippen molar-refractivity contribution in [2.24, 2.45) is 5.92 Å². The number of hydrogen-bond acceptors (Lipinski definition) is 6. The van der Waals surface area contributed by atoms with Gasteiger partial charge in [0.05, 0.1) is 16.5 Å². The van der Waals surface area contributed by atoms with Crippen LogP contribution in [0.1, 0.15) is 23.1 Å². The molecule has 3 rings (SSSR count). The Morgan fingerprint density at radius 3 is 2.52 bits per heavy atom. The summed E-state index contributed by atoms with van der Waals surface area (Å²) in [4.78, 5) is 48.8. The van der Waals surface area contributed by atoms with Gasteiger partial charge in [0.2, 0.25) is 5.91 Å². The highest BCUT2D eigenvalue weighted by atomic mass is 16.6. The molecule has 2 aromatic carbocycles. The summed E-state index contributed by atoms with van der Waals surface area (Å²) in [5.41, 5.74) is 3.46. The number of hydrogen-bond donors (Lipinski definition) is 1. The van der Waals surface area contributed by atoms with Gasteiger partial charge >= 0.3 is 5.97 Å². The molecular formula is C22H23N3O6. The van der Waals surface area contributed by atoms with Gasteiger partial charge in [-0.3, -0.25) is 24.5 Å². The van der Waals surface area contributed by atoms with Crippen LogP contribution in [0, 0.1) is 36.8 Å². The fraction of sp³-hybridized carbons (Fsp3) is 0.318. The second kappa shape index (κ2) is 8.95. The van der Waals surface area contributed by atoms with Gasteiger partial charge in [-0.25, -0.2) is 0 Å². The van der Waals surface area contributed by atoms with E-state index in [0.29, 0.717) is 16.9 Å². The van der Waals surface area contributed by atoms with Crippen LogP contribution in [0.15, 0.2) is 36.4 Å². The Morgan fingerprint density at radius 2 is 1.84 bits per heavy atom. The second-order valence-corrected chi connectivity index (χ2v) is 7.59. The standard InChI is InChI=1S/C22H23N3O6/c1-13-4-6-17(8-15(13)3)23-20(26)12-31-22(28)16-9-21(27)24(11-16)18-7-5-14(2)19(10-18)25(29)30/h4-8,10,16H,9,11-12H2,1-3H3,(H,23,26)/t16-/m0/s1. The van der Waals surface area contributed by atoms with Crippen molar-refractivity contribution >= 4 is 34.8 Å². The highest BCUT2D eigenvalue weighted by molar-refractivity contribution is 6.00. The van der Waals surface area contributed by atoms with Crippen molar-refractivity contribution in [2.45, 2.75) is 27.2 Å². The number of amides is 2. The molecule has 9 nitrogen and oxygen atoms in total. The lowest BCUT2D eigenvalue weighted by atomic mass is 10.1. The molecule has 2 amide bonds. The predicted molar refractivity (Wildman–Crippen MR) is 114 cm³/mol. The fourth-order valence-corrected chi connectivity index (χ4v) is 3.35. The van der Waals surface area contributed by atoms with E-state index in [4.69, 9.17) is 4.74 Å². The number of nitrogens with zero attached hydrogens (tertiary/aromatic N) is 2. The first-order valence-electron chi connectivity index (χ1n) is 9.75. The van der Waals surface area contributed by atoms with Crippen LogP contribution in [0.4, 0.5) is 17.1 Å². The molecular weight excluding hydrogens is 402 g/mol. The number of carbonyl (C=O) groups is 3. The summed E-state index contributed by atoms with van der Waals surface area (Å²) in [6.45, 7) is 5.07. The molecule has 31 heavy (non-hydrogen) atoms. The van der Waals surface area contributed by atoms with Crippen molar-refractivity contribution in [1.29, 1.82) is 0 Å². The first-order chi connectivity index (χ1) is 14.7. The number of nitro benzene ring substituents is 1. The topological polar surface area (TPSA) is 119 Å². The van der Waals surface area contributed by atoms with Crippen LogP contribution in [0.2, 0.25) is 0 Å². The number of benzene rings is 2. The van der Waals surface area contributed by atoms with Crippen LogP contribution in [0.5, 0.6) is 0 Å². The zero-order chi connectivity index (χ0) is 22.7. The van der Waals surface area contributed by atoms with Crippen molar-refractivity contribution in [3.05, 3.63) is 63.2 Å². The second-order valence-electron chi connectivity index (χ2n) is 7.59. The van der Waals surface area contributed by atoms with E-state index in [-0.39, 0.29) is 24.6 Å². The molecule has 0 aliphatic carbocycles. The molecule has 1 saturated heterocycles. The van der Waals surface area contributed by atoms with E-state index in [9.17, 15) is 24.5 Å². The van der Waals surface area contributed by atoms with E-state index in [0.717, 1.165) is 11.1 Å². The summed E-state index contributed by atoms with van der Waals surface area (Å²) in [5, 5.41) is 13.8. The number of aryl methyl sites for hydroxylation is 3. The fourth-order valence-electron chi connectivity index (χ4n) is 3.35. The number of esters is 1. The maximum Gasteiger partial charge on any atom is 0.311 e. The highest BCUT2D eigenvalue weighted by Crippen LogP contribution is 2.30. The van der Waals surface area contributed by atoms with Crippen LogP contribution < -0.4 is 10.2 Å². The lowest BCUT2D eigenvalue weighted by Gasteiger charge is -2.16. The Labute approximate surface area is 179 Å². The molecule has 0 radical (unpaired) electrons. The summed E-state index contributed by atoms with van der Waals surface area (Å²) in [5.74, 6) is -2.22. The van der Waals surface area contributed by atoms with Gasteiger partial charge < -0.3 is 15.0 Å². The van der Waals surface area contributed by atoms with Crippen LogP contribution in [0.3, 0.4) is 0 Å². The number of ether oxygens (including phenoxy) is 1. The van der Waals surface area contributed by atoms with E-state index in [1.165, 1.54) is 11.0 Å². The minimum absolute atomic E-state index is 0.0384. The summed E-state index contributed by atoms with van der Waals surface area (Å²) in [6.07, 6.45) is -0.0840. The SMILES string of the molecule is Cc1ccc(NC(=O)COC(=O)[C@H]2CC(=O)N(c3ccc(C)c([N+](=O)[O-])c3)C2)cc1C. The Morgan fingerprint density at radius 1 is 1.13 bits per heavy atom. The van der Waals surface area contributed by atoms with Crippen LogP contribution in [0.25, 0.3) is 0 Å². The normalized spacial score (nSPS) is 15.6. The molecule has 1 N–H and O–H groups in total. The van der Waals surface area contributed by atoms with Gasteiger partial charge in [0.15, 0.2) is 6.61 Å². The van der Waals surface area contributed by atoms with Crippen molar-refractivity contribution in [1.82, 2.24) is 0 Å². The average molecular weight is 425 g/mol. The van der Waals surface area contributed by atoms with Gasteiger partial charge in [-0.15, -0.1) is 0 Å². The quantitative estimate of drug-likeness (QED) is 0.432. The number of rotatable bonds is 6. The molecule has 1 heterocycles. The molecule has 2 aromatic rings. The zero-order valence-electron chi connectivity index (χ0n) is 17.5. The van der Waals surface area contributed by atoms with Crippen molar-refractivity contribution in [3.8, 4) is 0 Å². The van der Waals surface area contributed by atoms with E-state index in [1.54, 1.807) is 25.1 Å². The van der Waals surface area contributed by atoms with Gasteiger partial charge in [-0.1, -0.05) is 12.1 Å². The molecule has 0 unspecified atom stereocenters. The molecule has 0 bridgehead atoms. The molecule has 0 aromatic heterocycles. The number of nitro groups is 1. The molecule has 1 fully saturated rings. The predicted octanol–water partition coefficient (Wildman–Crippen LogP) is 3.05. The van der Waals surface area contributed by atoms with Crippen LogP contribution in [-0.4, -0.2) is 35.9 Å². The summed E-state index contributed by atoms with van der Waals surface area (Å²) < 4.78 is 5.09. The van der Waals surface area contributed by atoms with Crippen LogP contribution in [-0.2, 0) is 19.1 Å². The Bertz CT molecular complexity index is 1070. The average Bonchev–Trinajstić information content (AvgIpc) is 3.11. The Balaban J connectivity index is 1.57. The molecule has 1 atom stereocenters. The number of anilines is 2. The molecule has 1 aliphatic heterocycles. The summed E-state index contributed by atoms with van der Waals surface area (Å²) in [6, 6.07) is 9.94. The third-order valence-electron chi connectivity index (χ3n) is 5.30. The highest BCUT2D eigenvalue weighted by Gasteiger charge is 2.37. The Hall–Kier alpha value is -3.75. The van der Waals surface area contributed by atoms with Crippen molar-refractivity contribution < 1.29 is 24.0 Å². The molecule has 0 saturated carbocycles.